The molecular weight excluding hydrogens is 360 g/mol. The molecule has 0 spiro atoms. The number of para-hydroxylation sites is 1. The number of hydrogen-bond acceptors (Lipinski definition) is 5. The summed E-state index contributed by atoms with van der Waals surface area (Å²) in [6.45, 7) is 1.15. The maximum atomic E-state index is 12.4. The quantitative estimate of drug-likeness (QED) is 0.658. The second-order valence-corrected chi connectivity index (χ2v) is 7.39. The van der Waals surface area contributed by atoms with Crippen LogP contribution in [0.3, 0.4) is 0 Å². The van der Waals surface area contributed by atoms with Crippen LogP contribution in [0.25, 0.3) is 0 Å². The van der Waals surface area contributed by atoms with Gasteiger partial charge in [-0.1, -0.05) is 53.7 Å². The first kappa shape index (κ1) is 17.6. The Kier molecular flexibility index (Phi) is 5.11. The SMILES string of the molecule is COc1ccccc1Cn1cc(C2SCC(=O)N2Cc2ccccc2)nn1. The van der Waals surface area contributed by atoms with Gasteiger partial charge in [-0.25, -0.2) is 4.68 Å². The highest BCUT2D eigenvalue weighted by atomic mass is 32.2. The third-order valence-corrected chi connectivity index (χ3v) is 5.72. The highest BCUT2D eigenvalue weighted by molar-refractivity contribution is 8.00. The smallest absolute Gasteiger partial charge is 0.234 e. The molecule has 2 heterocycles. The number of nitrogens with zero attached hydrogens (tertiary/aromatic N) is 4. The van der Waals surface area contributed by atoms with Gasteiger partial charge in [0.05, 0.1) is 25.6 Å². The van der Waals surface area contributed by atoms with Gasteiger partial charge in [0, 0.05) is 12.1 Å². The highest BCUT2D eigenvalue weighted by Crippen LogP contribution is 2.38. The van der Waals surface area contributed by atoms with E-state index < -0.39 is 0 Å². The minimum atomic E-state index is -0.107. The lowest BCUT2D eigenvalue weighted by Gasteiger charge is -2.22. The predicted molar refractivity (Wildman–Crippen MR) is 104 cm³/mol. The van der Waals surface area contributed by atoms with Crippen molar-refractivity contribution >= 4 is 17.7 Å². The molecule has 1 aliphatic rings. The largest absolute Gasteiger partial charge is 0.496 e. The first-order valence-corrected chi connectivity index (χ1v) is 9.76. The second kappa shape index (κ2) is 7.84. The van der Waals surface area contributed by atoms with Crippen molar-refractivity contribution in [2.75, 3.05) is 12.9 Å². The molecule has 0 aliphatic carbocycles. The van der Waals surface area contributed by atoms with E-state index in [-0.39, 0.29) is 11.3 Å². The van der Waals surface area contributed by atoms with Crippen molar-refractivity contribution in [1.82, 2.24) is 19.9 Å². The van der Waals surface area contributed by atoms with Crippen LogP contribution in [-0.2, 0) is 17.9 Å². The number of hydrogen-bond donors (Lipinski definition) is 0. The molecule has 138 valence electrons. The number of benzene rings is 2. The summed E-state index contributed by atoms with van der Waals surface area (Å²) in [4.78, 5) is 14.2. The van der Waals surface area contributed by atoms with Crippen molar-refractivity contribution in [2.24, 2.45) is 0 Å². The van der Waals surface area contributed by atoms with Gasteiger partial charge >= 0.3 is 0 Å². The number of rotatable bonds is 6. The molecule has 4 rings (SSSR count). The van der Waals surface area contributed by atoms with Gasteiger partial charge < -0.3 is 9.64 Å². The zero-order valence-electron chi connectivity index (χ0n) is 15.0. The van der Waals surface area contributed by atoms with Crippen LogP contribution in [-0.4, -0.2) is 38.7 Å². The Hall–Kier alpha value is -2.80. The monoisotopic (exact) mass is 380 g/mol. The Balaban J connectivity index is 1.52. The van der Waals surface area contributed by atoms with Gasteiger partial charge in [-0.3, -0.25) is 4.79 Å². The van der Waals surface area contributed by atoms with Gasteiger partial charge in [0.15, 0.2) is 0 Å². The third-order valence-electron chi connectivity index (χ3n) is 4.50. The van der Waals surface area contributed by atoms with Crippen LogP contribution in [0.2, 0.25) is 0 Å². The van der Waals surface area contributed by atoms with Gasteiger partial charge in [-0.05, 0) is 11.6 Å². The number of thioether (sulfide) groups is 1. The molecule has 1 aromatic heterocycles. The van der Waals surface area contributed by atoms with Crippen LogP contribution in [0, 0.1) is 0 Å². The first-order valence-electron chi connectivity index (χ1n) is 8.71. The van der Waals surface area contributed by atoms with Crippen molar-refractivity contribution in [3.8, 4) is 5.75 Å². The maximum Gasteiger partial charge on any atom is 0.234 e. The predicted octanol–water partition coefficient (Wildman–Crippen LogP) is 3.11. The molecule has 1 aliphatic heterocycles. The molecule has 6 nitrogen and oxygen atoms in total. The zero-order valence-corrected chi connectivity index (χ0v) is 15.8. The molecule has 1 fully saturated rings. The molecule has 0 bridgehead atoms. The van der Waals surface area contributed by atoms with Crippen molar-refractivity contribution in [2.45, 2.75) is 18.5 Å². The van der Waals surface area contributed by atoms with Crippen molar-refractivity contribution in [1.29, 1.82) is 0 Å². The minimum Gasteiger partial charge on any atom is -0.496 e. The number of carbonyl (C=O) groups excluding carboxylic acids is 1. The lowest BCUT2D eigenvalue weighted by atomic mass is 10.2. The maximum absolute atomic E-state index is 12.4. The molecule has 1 unspecified atom stereocenters. The number of aromatic nitrogens is 3. The molecule has 1 amide bonds. The van der Waals surface area contributed by atoms with E-state index in [2.05, 4.69) is 10.3 Å². The van der Waals surface area contributed by atoms with E-state index in [4.69, 9.17) is 4.74 Å². The van der Waals surface area contributed by atoms with Crippen LogP contribution in [0.4, 0.5) is 0 Å². The number of amides is 1. The molecule has 0 radical (unpaired) electrons. The van der Waals surface area contributed by atoms with Crippen LogP contribution in [0.15, 0.2) is 60.8 Å². The van der Waals surface area contributed by atoms with Gasteiger partial charge in [-0.15, -0.1) is 16.9 Å². The molecule has 27 heavy (non-hydrogen) atoms. The van der Waals surface area contributed by atoms with E-state index in [0.717, 1.165) is 22.6 Å². The van der Waals surface area contributed by atoms with E-state index in [1.807, 2.05) is 65.7 Å². The normalized spacial score (nSPS) is 16.7. The van der Waals surface area contributed by atoms with Crippen LogP contribution < -0.4 is 4.74 Å². The van der Waals surface area contributed by atoms with Crippen molar-refractivity contribution in [3.63, 3.8) is 0 Å². The van der Waals surface area contributed by atoms with Gasteiger partial charge in [0.1, 0.15) is 16.8 Å². The summed E-state index contributed by atoms with van der Waals surface area (Å²) in [6.07, 6.45) is 1.92. The number of carbonyl (C=O) groups is 1. The van der Waals surface area contributed by atoms with E-state index in [9.17, 15) is 4.79 Å². The van der Waals surface area contributed by atoms with E-state index in [0.29, 0.717) is 18.8 Å². The topological polar surface area (TPSA) is 60.2 Å². The fourth-order valence-corrected chi connectivity index (χ4v) is 4.28. The van der Waals surface area contributed by atoms with Gasteiger partial charge in [-0.2, -0.15) is 0 Å². The van der Waals surface area contributed by atoms with Crippen LogP contribution >= 0.6 is 11.8 Å². The van der Waals surface area contributed by atoms with Crippen LogP contribution in [0.5, 0.6) is 5.75 Å². The standard InChI is InChI=1S/C20H20N4O2S/c1-26-18-10-6-5-9-16(18)12-23-13-17(21-22-23)20-24(19(25)14-27-20)11-15-7-3-2-4-8-15/h2-10,13,20H,11-12,14H2,1H3. The summed E-state index contributed by atoms with van der Waals surface area (Å²) in [5, 5.41) is 8.48. The molecule has 7 heteroatoms. The molecule has 3 aromatic rings. The summed E-state index contributed by atoms with van der Waals surface area (Å²) < 4.78 is 7.19. The minimum absolute atomic E-state index is 0.107. The lowest BCUT2D eigenvalue weighted by Crippen LogP contribution is -2.27. The molecule has 1 atom stereocenters. The Morgan fingerprint density at radius 2 is 1.89 bits per heavy atom. The molecule has 0 N–H and O–H groups in total. The Morgan fingerprint density at radius 1 is 1.11 bits per heavy atom. The average Bonchev–Trinajstić information content (AvgIpc) is 3.30. The third kappa shape index (κ3) is 3.83. The summed E-state index contributed by atoms with van der Waals surface area (Å²) in [7, 11) is 1.66. The van der Waals surface area contributed by atoms with Gasteiger partial charge in [0.2, 0.25) is 5.91 Å². The molecule has 1 saturated heterocycles. The molecule has 0 saturated carbocycles. The fraction of sp³-hybridized carbons (Fsp3) is 0.250. The number of ether oxygens (including phenoxy) is 1. The average molecular weight is 380 g/mol. The van der Waals surface area contributed by atoms with Gasteiger partial charge in [0.25, 0.3) is 0 Å². The highest BCUT2D eigenvalue weighted by Gasteiger charge is 2.34. The van der Waals surface area contributed by atoms with E-state index >= 15 is 0 Å². The van der Waals surface area contributed by atoms with Crippen molar-refractivity contribution < 1.29 is 9.53 Å². The summed E-state index contributed by atoms with van der Waals surface area (Å²) in [5.41, 5.74) is 2.95. The summed E-state index contributed by atoms with van der Waals surface area (Å²) in [6, 6.07) is 17.9. The van der Waals surface area contributed by atoms with E-state index in [1.54, 1.807) is 23.6 Å². The Bertz CT molecular complexity index is 928. The lowest BCUT2D eigenvalue weighted by molar-refractivity contribution is -0.128. The Labute approximate surface area is 162 Å². The zero-order chi connectivity index (χ0) is 18.6. The number of methoxy groups -OCH3 is 1. The van der Waals surface area contributed by atoms with Crippen molar-refractivity contribution in [3.05, 3.63) is 77.6 Å². The summed E-state index contributed by atoms with van der Waals surface area (Å²) in [5.74, 6) is 1.43. The molecular formula is C20H20N4O2S. The molecule has 2 aromatic carbocycles. The van der Waals surface area contributed by atoms with E-state index in [1.165, 1.54) is 0 Å². The second-order valence-electron chi connectivity index (χ2n) is 6.32. The van der Waals surface area contributed by atoms with Crippen LogP contribution in [0.1, 0.15) is 22.2 Å². The fourth-order valence-electron chi connectivity index (χ4n) is 3.16. The first-order chi connectivity index (χ1) is 13.2. The Morgan fingerprint density at radius 3 is 2.70 bits per heavy atom. The summed E-state index contributed by atoms with van der Waals surface area (Å²) >= 11 is 1.59.